The zero-order valence-corrected chi connectivity index (χ0v) is 29.1. The topological polar surface area (TPSA) is 139 Å². The second-order valence-corrected chi connectivity index (χ2v) is 14.9. The van der Waals surface area contributed by atoms with E-state index in [1.807, 2.05) is 41.5 Å². The van der Waals surface area contributed by atoms with Crippen LogP contribution in [0.25, 0.3) is 11.4 Å². The lowest BCUT2D eigenvalue weighted by molar-refractivity contribution is 0.0698. The van der Waals surface area contributed by atoms with E-state index in [9.17, 15) is 9.59 Å². The molecule has 12 nitrogen and oxygen atoms in total. The SMILES string of the molecule is CCO[Si](CCCNC(=O)c1cccnc1-c1ncccc1C(=O)NCCC[Si](OCC)(OCC)OCC)(OCC)OCC. The summed E-state index contributed by atoms with van der Waals surface area (Å²) >= 11 is 0. The first kappa shape index (κ1) is 37.6. The number of hydrogen-bond acceptors (Lipinski definition) is 10. The van der Waals surface area contributed by atoms with Crippen molar-refractivity contribution in [2.24, 2.45) is 0 Å². The van der Waals surface area contributed by atoms with E-state index in [0.717, 1.165) is 0 Å². The maximum atomic E-state index is 13.3. The van der Waals surface area contributed by atoms with Gasteiger partial charge in [0.1, 0.15) is 11.4 Å². The number of nitrogens with zero attached hydrogens (tertiary/aromatic N) is 2. The van der Waals surface area contributed by atoms with Crippen LogP contribution in [0.15, 0.2) is 36.7 Å². The second-order valence-electron chi connectivity index (χ2n) is 9.48. The first-order valence-corrected chi connectivity index (χ1v) is 19.5. The molecule has 0 saturated carbocycles. The van der Waals surface area contributed by atoms with Gasteiger partial charge >= 0.3 is 17.6 Å². The van der Waals surface area contributed by atoms with Gasteiger partial charge in [-0.15, -0.1) is 0 Å². The van der Waals surface area contributed by atoms with Gasteiger partial charge in [-0.1, -0.05) is 0 Å². The fourth-order valence-corrected chi connectivity index (χ4v) is 9.99. The standard InChI is InChI=1S/C30H50N4O8Si2/c1-7-37-43(38-8-2,39-9-3)23-15-21-33-29(35)25-17-13-19-31-27(25)28-26(18-14-20-32-28)30(36)34-22-16-24-44(40-10-4,41-11-5)42-12-6/h13-14,17-20H,7-12,15-16,21-24H2,1-6H3,(H,33,35)(H,34,36). The number of amides is 2. The summed E-state index contributed by atoms with van der Waals surface area (Å²) in [5.74, 6) is -0.628. The molecule has 0 fully saturated rings. The Labute approximate surface area is 264 Å². The lowest BCUT2D eigenvalue weighted by Gasteiger charge is -2.28. The Morgan fingerprint density at radius 2 is 0.909 bits per heavy atom. The van der Waals surface area contributed by atoms with Crippen LogP contribution in [-0.2, 0) is 26.6 Å². The second kappa shape index (κ2) is 20.5. The Morgan fingerprint density at radius 1 is 0.591 bits per heavy atom. The molecule has 0 aliphatic carbocycles. The van der Waals surface area contributed by atoms with Gasteiger partial charge in [0.15, 0.2) is 0 Å². The van der Waals surface area contributed by atoms with Crippen molar-refractivity contribution < 1.29 is 36.1 Å². The number of pyridine rings is 2. The lowest BCUT2D eigenvalue weighted by atomic mass is 10.0. The zero-order valence-electron chi connectivity index (χ0n) is 27.1. The van der Waals surface area contributed by atoms with Gasteiger partial charge in [-0.25, -0.2) is 0 Å². The predicted molar refractivity (Wildman–Crippen MR) is 172 cm³/mol. The summed E-state index contributed by atoms with van der Waals surface area (Å²) in [4.78, 5) is 35.5. The monoisotopic (exact) mass is 650 g/mol. The highest BCUT2D eigenvalue weighted by molar-refractivity contribution is 6.61. The van der Waals surface area contributed by atoms with Gasteiger partial charge in [0.25, 0.3) is 11.8 Å². The summed E-state index contributed by atoms with van der Waals surface area (Å²) in [6.07, 6.45) is 4.39. The van der Waals surface area contributed by atoms with Crippen LogP contribution in [0.2, 0.25) is 12.1 Å². The van der Waals surface area contributed by atoms with Crippen molar-refractivity contribution in [1.82, 2.24) is 20.6 Å². The first-order valence-electron chi connectivity index (χ1n) is 15.6. The van der Waals surface area contributed by atoms with Crippen LogP contribution in [0.3, 0.4) is 0 Å². The molecule has 0 atom stereocenters. The summed E-state index contributed by atoms with van der Waals surface area (Å²) < 4.78 is 35.4. The summed E-state index contributed by atoms with van der Waals surface area (Å²) in [6, 6.07) is 7.88. The minimum absolute atomic E-state index is 0.314. The molecule has 2 rings (SSSR count). The number of hydrogen-bond donors (Lipinski definition) is 2. The Balaban J connectivity index is 2.10. The molecule has 0 aromatic carbocycles. The van der Waals surface area contributed by atoms with Gasteiger partial charge in [0.2, 0.25) is 0 Å². The minimum Gasteiger partial charge on any atom is -0.374 e. The average molecular weight is 651 g/mol. The Bertz CT molecular complexity index is 1020. The molecule has 0 spiro atoms. The van der Waals surface area contributed by atoms with Crippen molar-refractivity contribution >= 4 is 29.4 Å². The van der Waals surface area contributed by atoms with Crippen molar-refractivity contribution in [2.75, 3.05) is 52.7 Å². The number of nitrogens with one attached hydrogen (secondary N) is 2. The molecule has 14 heteroatoms. The average Bonchev–Trinajstić information content (AvgIpc) is 3.02. The third-order valence-corrected chi connectivity index (χ3v) is 12.7. The number of rotatable bonds is 23. The fourth-order valence-electron chi connectivity index (χ4n) is 4.76. The summed E-state index contributed by atoms with van der Waals surface area (Å²) in [7, 11) is -5.61. The van der Waals surface area contributed by atoms with Gasteiger partial charge in [-0.2, -0.15) is 0 Å². The molecule has 0 radical (unpaired) electrons. The third-order valence-electron chi connectivity index (χ3n) is 6.41. The highest BCUT2D eigenvalue weighted by Crippen LogP contribution is 2.24. The highest BCUT2D eigenvalue weighted by Gasteiger charge is 2.40. The van der Waals surface area contributed by atoms with E-state index in [2.05, 4.69) is 20.6 Å². The van der Waals surface area contributed by atoms with Crippen molar-refractivity contribution in [2.45, 2.75) is 66.5 Å². The van der Waals surface area contributed by atoms with E-state index in [4.69, 9.17) is 26.6 Å². The van der Waals surface area contributed by atoms with Crippen LogP contribution >= 0.6 is 0 Å². The number of carbonyl (C=O) groups is 2. The Hall–Kier alpha value is -2.57. The molecule has 246 valence electrons. The summed E-state index contributed by atoms with van der Waals surface area (Å²) in [6.45, 7) is 15.2. The van der Waals surface area contributed by atoms with Crippen LogP contribution in [0.1, 0.15) is 75.1 Å². The molecule has 0 saturated heterocycles. The molecule has 0 unspecified atom stereocenters. The van der Waals surface area contributed by atoms with Crippen molar-refractivity contribution in [3.8, 4) is 11.4 Å². The molecule has 44 heavy (non-hydrogen) atoms. The van der Waals surface area contributed by atoms with Crippen LogP contribution < -0.4 is 10.6 Å². The molecule has 2 heterocycles. The predicted octanol–water partition coefficient (Wildman–Crippen LogP) is 4.48. The normalized spacial score (nSPS) is 11.9. The van der Waals surface area contributed by atoms with Crippen LogP contribution in [-0.4, -0.2) is 92.1 Å². The largest absolute Gasteiger partial charge is 0.500 e. The fraction of sp³-hybridized carbons (Fsp3) is 0.600. The van der Waals surface area contributed by atoms with Gasteiger partial charge in [-0.05, 0) is 78.6 Å². The quantitative estimate of drug-likeness (QED) is 0.131. The Kier molecular flexibility index (Phi) is 17.5. The van der Waals surface area contributed by atoms with Gasteiger partial charge in [-0.3, -0.25) is 19.6 Å². The van der Waals surface area contributed by atoms with Gasteiger partial charge in [0, 0.05) is 77.2 Å². The summed E-state index contributed by atoms with van der Waals surface area (Å²) in [5.41, 5.74) is 1.30. The molecular weight excluding hydrogens is 601 g/mol. The maximum Gasteiger partial charge on any atom is 0.500 e. The van der Waals surface area contributed by atoms with E-state index in [-0.39, 0.29) is 11.8 Å². The minimum atomic E-state index is -2.80. The van der Waals surface area contributed by atoms with Crippen LogP contribution in [0.4, 0.5) is 0 Å². The summed E-state index contributed by atoms with van der Waals surface area (Å²) in [5, 5.41) is 5.92. The van der Waals surface area contributed by atoms with Gasteiger partial charge < -0.3 is 37.2 Å². The smallest absolute Gasteiger partial charge is 0.374 e. The first-order chi connectivity index (χ1) is 21.3. The van der Waals surface area contributed by atoms with Crippen molar-refractivity contribution in [1.29, 1.82) is 0 Å². The number of aromatic nitrogens is 2. The Morgan fingerprint density at radius 3 is 1.20 bits per heavy atom. The molecular formula is C30H50N4O8Si2. The zero-order chi connectivity index (χ0) is 32.3. The molecule has 0 aliphatic rings. The van der Waals surface area contributed by atoms with Crippen molar-refractivity contribution in [3.05, 3.63) is 47.8 Å². The van der Waals surface area contributed by atoms with Crippen molar-refractivity contribution in [3.63, 3.8) is 0 Å². The van der Waals surface area contributed by atoms with Gasteiger partial charge in [0.05, 0.1) is 11.1 Å². The molecule has 0 aliphatic heterocycles. The van der Waals surface area contributed by atoms with E-state index in [1.54, 1.807) is 36.7 Å². The van der Waals surface area contributed by atoms with Crippen LogP contribution in [0, 0.1) is 0 Å². The lowest BCUT2D eigenvalue weighted by Crippen LogP contribution is -2.46. The number of carbonyl (C=O) groups excluding carboxylic acids is 2. The molecule has 2 aromatic rings. The molecule has 2 aromatic heterocycles. The van der Waals surface area contributed by atoms with E-state index in [0.29, 0.717) is 100 Å². The van der Waals surface area contributed by atoms with E-state index in [1.165, 1.54) is 0 Å². The molecule has 2 N–H and O–H groups in total. The van der Waals surface area contributed by atoms with E-state index < -0.39 is 17.6 Å². The third kappa shape index (κ3) is 11.4. The van der Waals surface area contributed by atoms with Crippen LogP contribution in [0.5, 0.6) is 0 Å². The molecule has 0 bridgehead atoms. The van der Waals surface area contributed by atoms with E-state index >= 15 is 0 Å². The molecule has 2 amide bonds. The highest BCUT2D eigenvalue weighted by atomic mass is 28.4. The maximum absolute atomic E-state index is 13.3.